The number of nitrogens with one attached hydrogen (secondary N) is 1. The number of hydrogen-bond donors (Lipinski definition) is 1. The van der Waals surface area contributed by atoms with Gasteiger partial charge < -0.3 is 10.1 Å². The van der Waals surface area contributed by atoms with Gasteiger partial charge in [-0.15, -0.1) is 10.2 Å². The number of hydrogen-bond acceptors (Lipinski definition) is 6. The molecule has 1 N–H and O–H groups in total. The molecular formula is C13H16N4O4S. The molecule has 9 heteroatoms. The zero-order valence-electron chi connectivity index (χ0n) is 12.2. The smallest absolute Gasteiger partial charge is 0.225 e. The first-order valence-electron chi connectivity index (χ1n) is 6.39. The second kappa shape index (κ2) is 6.56. The van der Waals surface area contributed by atoms with Crippen LogP contribution in [0.15, 0.2) is 30.9 Å². The highest BCUT2D eigenvalue weighted by Crippen LogP contribution is 2.27. The fourth-order valence-corrected chi connectivity index (χ4v) is 2.34. The van der Waals surface area contributed by atoms with E-state index in [1.165, 1.54) is 19.8 Å². The number of amides is 1. The van der Waals surface area contributed by atoms with Gasteiger partial charge in [-0.2, -0.15) is 0 Å². The SMILES string of the molecule is COc1ccc(-n2cnnc2)cc1NC(=O)CCS(C)(=O)=O. The Morgan fingerprint density at radius 2 is 2.00 bits per heavy atom. The lowest BCUT2D eigenvalue weighted by molar-refractivity contribution is -0.115. The molecular weight excluding hydrogens is 308 g/mol. The van der Waals surface area contributed by atoms with Crippen molar-refractivity contribution in [2.24, 2.45) is 0 Å². The molecule has 0 aliphatic carbocycles. The number of rotatable bonds is 6. The minimum absolute atomic E-state index is 0.112. The predicted molar refractivity (Wildman–Crippen MR) is 80.9 cm³/mol. The lowest BCUT2D eigenvalue weighted by Gasteiger charge is -2.12. The van der Waals surface area contributed by atoms with Gasteiger partial charge in [0.25, 0.3) is 0 Å². The second-order valence-corrected chi connectivity index (χ2v) is 6.94. The van der Waals surface area contributed by atoms with Crippen LogP contribution in [0.3, 0.4) is 0 Å². The summed E-state index contributed by atoms with van der Waals surface area (Å²) < 4.78 is 29.1. The molecule has 1 amide bonds. The average molecular weight is 324 g/mol. The summed E-state index contributed by atoms with van der Waals surface area (Å²) in [6.45, 7) is 0. The topological polar surface area (TPSA) is 103 Å². The molecule has 0 unspecified atom stereocenters. The lowest BCUT2D eigenvalue weighted by atomic mass is 10.2. The van der Waals surface area contributed by atoms with Crippen molar-refractivity contribution >= 4 is 21.4 Å². The van der Waals surface area contributed by atoms with E-state index in [0.717, 1.165) is 11.9 Å². The quantitative estimate of drug-likeness (QED) is 0.837. The third-order valence-corrected chi connectivity index (χ3v) is 3.82. The van der Waals surface area contributed by atoms with E-state index in [9.17, 15) is 13.2 Å². The Labute approximate surface area is 128 Å². The van der Waals surface area contributed by atoms with Gasteiger partial charge in [0, 0.05) is 12.7 Å². The summed E-state index contributed by atoms with van der Waals surface area (Å²) in [7, 11) is -1.70. The Morgan fingerprint density at radius 1 is 1.32 bits per heavy atom. The molecule has 0 atom stereocenters. The number of benzene rings is 1. The molecule has 1 aromatic heterocycles. The Hall–Kier alpha value is -2.42. The molecule has 22 heavy (non-hydrogen) atoms. The zero-order valence-corrected chi connectivity index (χ0v) is 13.0. The summed E-state index contributed by atoms with van der Waals surface area (Å²) in [6.07, 6.45) is 4.03. The molecule has 2 rings (SSSR count). The zero-order chi connectivity index (χ0) is 16.2. The third-order valence-electron chi connectivity index (χ3n) is 2.87. The minimum atomic E-state index is -3.18. The summed E-state index contributed by atoms with van der Waals surface area (Å²) in [5, 5.41) is 10.1. The first-order chi connectivity index (χ1) is 10.4. The highest BCUT2D eigenvalue weighted by molar-refractivity contribution is 7.90. The summed E-state index contributed by atoms with van der Waals surface area (Å²) in [6, 6.07) is 5.18. The largest absolute Gasteiger partial charge is 0.495 e. The van der Waals surface area contributed by atoms with Crippen molar-refractivity contribution in [1.82, 2.24) is 14.8 Å². The molecule has 0 saturated carbocycles. The van der Waals surface area contributed by atoms with Gasteiger partial charge in [-0.25, -0.2) is 8.42 Å². The summed E-state index contributed by atoms with van der Waals surface area (Å²) in [5.41, 5.74) is 1.19. The normalized spacial score (nSPS) is 11.2. The maximum absolute atomic E-state index is 11.9. The lowest BCUT2D eigenvalue weighted by Crippen LogP contribution is -2.17. The van der Waals surface area contributed by atoms with Gasteiger partial charge in [0.15, 0.2) is 0 Å². The highest BCUT2D eigenvalue weighted by Gasteiger charge is 2.12. The van der Waals surface area contributed by atoms with Crippen molar-refractivity contribution < 1.29 is 17.9 Å². The first-order valence-corrected chi connectivity index (χ1v) is 8.46. The van der Waals surface area contributed by atoms with Crippen LogP contribution < -0.4 is 10.1 Å². The van der Waals surface area contributed by atoms with Crippen molar-refractivity contribution in [1.29, 1.82) is 0 Å². The third kappa shape index (κ3) is 4.29. The van der Waals surface area contributed by atoms with E-state index in [2.05, 4.69) is 15.5 Å². The standard InChI is InChI=1S/C13H16N4O4S/c1-21-12-4-3-10(17-8-14-15-9-17)7-11(12)16-13(18)5-6-22(2,19)20/h3-4,7-9H,5-6H2,1-2H3,(H,16,18). The summed E-state index contributed by atoms with van der Waals surface area (Å²) >= 11 is 0. The number of carbonyl (C=O) groups is 1. The van der Waals surface area contributed by atoms with Crippen LogP contribution in [-0.4, -0.2) is 48.2 Å². The van der Waals surface area contributed by atoms with Crippen molar-refractivity contribution in [3.05, 3.63) is 30.9 Å². The van der Waals surface area contributed by atoms with Crippen LogP contribution in [-0.2, 0) is 14.6 Å². The van der Waals surface area contributed by atoms with Crippen LogP contribution in [0.2, 0.25) is 0 Å². The number of ether oxygens (including phenoxy) is 1. The molecule has 0 radical (unpaired) electrons. The van der Waals surface area contributed by atoms with Crippen LogP contribution in [0, 0.1) is 0 Å². The van der Waals surface area contributed by atoms with Crippen molar-refractivity contribution in [3.63, 3.8) is 0 Å². The Morgan fingerprint density at radius 3 is 2.59 bits per heavy atom. The van der Waals surface area contributed by atoms with E-state index in [0.29, 0.717) is 11.4 Å². The maximum atomic E-state index is 11.9. The molecule has 118 valence electrons. The molecule has 0 aliphatic heterocycles. The number of carbonyl (C=O) groups excluding carboxylic acids is 1. The molecule has 0 spiro atoms. The van der Waals surface area contributed by atoms with Gasteiger partial charge in [-0.1, -0.05) is 0 Å². The number of nitrogens with zero attached hydrogens (tertiary/aromatic N) is 3. The van der Waals surface area contributed by atoms with E-state index >= 15 is 0 Å². The minimum Gasteiger partial charge on any atom is -0.495 e. The molecule has 0 saturated heterocycles. The Balaban J connectivity index is 2.18. The summed E-state index contributed by atoms with van der Waals surface area (Å²) in [5.74, 6) is -0.124. The van der Waals surface area contributed by atoms with Crippen LogP contribution in [0.25, 0.3) is 5.69 Å². The molecule has 1 heterocycles. The van der Waals surface area contributed by atoms with Crippen LogP contribution in [0.4, 0.5) is 5.69 Å². The highest BCUT2D eigenvalue weighted by atomic mass is 32.2. The monoisotopic (exact) mass is 324 g/mol. The Bertz CT molecular complexity index is 756. The van der Waals surface area contributed by atoms with Gasteiger partial charge in [0.05, 0.1) is 24.2 Å². The number of methoxy groups -OCH3 is 1. The first kappa shape index (κ1) is 16.0. The molecule has 2 aromatic rings. The molecule has 1 aromatic carbocycles. The fourth-order valence-electron chi connectivity index (χ4n) is 1.78. The van der Waals surface area contributed by atoms with Crippen LogP contribution >= 0.6 is 0 Å². The molecule has 8 nitrogen and oxygen atoms in total. The van der Waals surface area contributed by atoms with Crippen LogP contribution in [0.5, 0.6) is 5.75 Å². The molecule has 0 aliphatic rings. The fraction of sp³-hybridized carbons (Fsp3) is 0.308. The number of aromatic nitrogens is 3. The van der Waals surface area contributed by atoms with E-state index in [1.54, 1.807) is 22.8 Å². The van der Waals surface area contributed by atoms with Crippen molar-refractivity contribution in [2.45, 2.75) is 6.42 Å². The van der Waals surface area contributed by atoms with E-state index in [1.807, 2.05) is 0 Å². The van der Waals surface area contributed by atoms with Gasteiger partial charge in [-0.3, -0.25) is 9.36 Å². The predicted octanol–water partition coefficient (Wildman–Crippen LogP) is 0.649. The number of anilines is 1. The van der Waals surface area contributed by atoms with Gasteiger partial charge in [-0.05, 0) is 18.2 Å². The van der Waals surface area contributed by atoms with Crippen LogP contribution in [0.1, 0.15) is 6.42 Å². The van der Waals surface area contributed by atoms with Crippen molar-refractivity contribution in [2.75, 3.05) is 24.4 Å². The Kier molecular flexibility index (Phi) is 4.76. The van der Waals surface area contributed by atoms with Gasteiger partial charge in [0.1, 0.15) is 28.2 Å². The summed E-state index contributed by atoms with van der Waals surface area (Å²) in [4.78, 5) is 11.9. The van der Waals surface area contributed by atoms with Gasteiger partial charge >= 0.3 is 0 Å². The van der Waals surface area contributed by atoms with Gasteiger partial charge in [0.2, 0.25) is 5.91 Å². The second-order valence-electron chi connectivity index (χ2n) is 4.68. The van der Waals surface area contributed by atoms with Crippen molar-refractivity contribution in [3.8, 4) is 11.4 Å². The van der Waals surface area contributed by atoms with E-state index < -0.39 is 15.7 Å². The number of sulfone groups is 1. The average Bonchev–Trinajstić information content (AvgIpc) is 2.98. The molecule has 0 bridgehead atoms. The van der Waals surface area contributed by atoms with E-state index in [4.69, 9.17) is 4.74 Å². The maximum Gasteiger partial charge on any atom is 0.225 e. The molecule has 0 fully saturated rings. The van der Waals surface area contributed by atoms with E-state index in [-0.39, 0.29) is 12.2 Å².